The number of ether oxygens (including phenoxy) is 1. The molecule has 2 fully saturated rings. The first-order valence-electron chi connectivity index (χ1n) is 9.66. The first kappa shape index (κ1) is 20.9. The predicted molar refractivity (Wildman–Crippen MR) is 97.3 cm³/mol. The van der Waals surface area contributed by atoms with Gasteiger partial charge in [0.25, 0.3) is 0 Å². The van der Waals surface area contributed by atoms with Crippen molar-refractivity contribution in [1.82, 2.24) is 0 Å². The van der Waals surface area contributed by atoms with Gasteiger partial charge < -0.3 is 25.2 Å². The molecule has 0 radical (unpaired) electrons. The van der Waals surface area contributed by atoms with Crippen molar-refractivity contribution in [3.05, 3.63) is 24.0 Å². The van der Waals surface area contributed by atoms with Gasteiger partial charge in [-0.1, -0.05) is 12.2 Å². The van der Waals surface area contributed by atoms with Gasteiger partial charge >= 0.3 is 5.97 Å². The second-order valence-corrected chi connectivity index (χ2v) is 7.59. The predicted octanol–water partition coefficient (Wildman–Crippen LogP) is 2.38. The summed E-state index contributed by atoms with van der Waals surface area (Å²) in [6.07, 6.45) is 9.09. The van der Waals surface area contributed by atoms with Gasteiger partial charge in [0, 0.05) is 31.1 Å². The monoisotopic (exact) mass is 368 g/mol. The van der Waals surface area contributed by atoms with Gasteiger partial charge in [0.15, 0.2) is 0 Å². The van der Waals surface area contributed by atoms with E-state index in [9.17, 15) is 20.1 Å². The molecule has 0 amide bonds. The third kappa shape index (κ3) is 6.41. The largest absolute Gasteiger partial charge is 0.495 e. The molecule has 6 nitrogen and oxygen atoms in total. The summed E-state index contributed by atoms with van der Waals surface area (Å²) in [5.74, 6) is 0.286. The van der Waals surface area contributed by atoms with Crippen molar-refractivity contribution in [2.75, 3.05) is 0 Å². The van der Waals surface area contributed by atoms with Crippen LogP contribution in [0.5, 0.6) is 0 Å². The minimum absolute atomic E-state index is 0.00208. The maximum absolute atomic E-state index is 10.5. The Kier molecular flexibility index (Phi) is 8.13. The zero-order chi connectivity index (χ0) is 19.1. The molecule has 6 heteroatoms. The van der Waals surface area contributed by atoms with Crippen molar-refractivity contribution in [2.24, 2.45) is 11.8 Å². The Bertz CT molecular complexity index is 512. The second kappa shape index (κ2) is 10.1. The Morgan fingerprint density at radius 1 is 1.31 bits per heavy atom. The number of rotatable bonds is 10. The van der Waals surface area contributed by atoms with Crippen molar-refractivity contribution in [1.29, 1.82) is 0 Å². The molecule has 1 aliphatic heterocycles. The topological polar surface area (TPSA) is 107 Å². The molecule has 1 heterocycles. The number of hydrogen-bond donors (Lipinski definition) is 4. The minimum Gasteiger partial charge on any atom is -0.495 e. The lowest BCUT2D eigenvalue weighted by molar-refractivity contribution is -0.137. The van der Waals surface area contributed by atoms with Gasteiger partial charge in [-0.15, -0.1) is 0 Å². The standard InChI is InChI=1S/C20H32O6/c1-13(21)5-4-6-14(22)9-10-16-17-11-15(7-2-3-8-20(24)25)26-19(17)12-18(16)23/h7,9-10,13-14,16-19,21-23H,2-6,8,11-12H2,1H3,(H,24,25)/b10-9+,15-7-/t13-,14+,16-,17-,18-,19+/m1/s1. The molecule has 6 atom stereocenters. The Balaban J connectivity index is 1.81. The van der Waals surface area contributed by atoms with E-state index in [2.05, 4.69) is 0 Å². The number of aliphatic carboxylic acids is 1. The lowest BCUT2D eigenvalue weighted by Gasteiger charge is -2.16. The van der Waals surface area contributed by atoms with Crippen molar-refractivity contribution < 1.29 is 30.0 Å². The molecule has 0 unspecified atom stereocenters. The molecule has 26 heavy (non-hydrogen) atoms. The number of carbonyl (C=O) groups is 1. The van der Waals surface area contributed by atoms with Crippen LogP contribution in [0.3, 0.4) is 0 Å². The summed E-state index contributed by atoms with van der Waals surface area (Å²) in [6.45, 7) is 1.74. The van der Waals surface area contributed by atoms with Crippen molar-refractivity contribution in [3.8, 4) is 0 Å². The number of aliphatic hydroxyl groups excluding tert-OH is 3. The number of hydrogen-bond acceptors (Lipinski definition) is 5. The highest BCUT2D eigenvalue weighted by atomic mass is 16.5. The van der Waals surface area contributed by atoms with E-state index in [0.29, 0.717) is 32.1 Å². The van der Waals surface area contributed by atoms with E-state index >= 15 is 0 Å². The lowest BCUT2D eigenvalue weighted by atomic mass is 9.90. The van der Waals surface area contributed by atoms with Crippen LogP contribution in [0.4, 0.5) is 0 Å². The van der Waals surface area contributed by atoms with Gasteiger partial charge in [0.2, 0.25) is 0 Å². The summed E-state index contributed by atoms with van der Waals surface area (Å²) in [5, 5.41) is 38.3. The molecule has 0 bridgehead atoms. The maximum atomic E-state index is 10.5. The zero-order valence-corrected chi connectivity index (χ0v) is 15.5. The van der Waals surface area contributed by atoms with Gasteiger partial charge in [-0.3, -0.25) is 4.79 Å². The molecule has 2 aliphatic rings. The van der Waals surface area contributed by atoms with Crippen molar-refractivity contribution in [3.63, 3.8) is 0 Å². The van der Waals surface area contributed by atoms with Gasteiger partial charge in [0.05, 0.1) is 24.1 Å². The molecule has 4 N–H and O–H groups in total. The van der Waals surface area contributed by atoms with Crippen molar-refractivity contribution >= 4 is 5.97 Å². The van der Waals surface area contributed by atoms with Gasteiger partial charge in [0.1, 0.15) is 6.10 Å². The molecule has 148 valence electrons. The van der Waals surface area contributed by atoms with Crippen LogP contribution < -0.4 is 0 Å². The maximum Gasteiger partial charge on any atom is 0.303 e. The molecule has 0 aromatic carbocycles. The van der Waals surface area contributed by atoms with Crippen LogP contribution >= 0.6 is 0 Å². The van der Waals surface area contributed by atoms with Crippen LogP contribution in [0.2, 0.25) is 0 Å². The van der Waals surface area contributed by atoms with E-state index < -0.39 is 18.2 Å². The number of fused-ring (bicyclic) bond motifs is 1. The highest BCUT2D eigenvalue weighted by Crippen LogP contribution is 2.45. The highest BCUT2D eigenvalue weighted by Gasteiger charge is 2.46. The number of carboxylic acids is 1. The van der Waals surface area contributed by atoms with E-state index in [4.69, 9.17) is 9.84 Å². The number of unbranched alkanes of at least 4 members (excludes halogenated alkanes) is 1. The Morgan fingerprint density at radius 3 is 2.77 bits per heavy atom. The molecular formula is C20H32O6. The lowest BCUT2D eigenvalue weighted by Crippen LogP contribution is -2.18. The van der Waals surface area contributed by atoms with Gasteiger partial charge in [-0.25, -0.2) is 0 Å². The van der Waals surface area contributed by atoms with E-state index in [0.717, 1.165) is 18.6 Å². The average Bonchev–Trinajstić information content (AvgIpc) is 3.05. The molecule has 1 aliphatic carbocycles. The molecule has 0 aromatic rings. The molecule has 2 rings (SSSR count). The number of aliphatic hydroxyl groups is 3. The van der Waals surface area contributed by atoms with Crippen molar-refractivity contribution in [2.45, 2.75) is 82.7 Å². The first-order valence-corrected chi connectivity index (χ1v) is 9.66. The quantitative estimate of drug-likeness (QED) is 0.348. The Hall–Kier alpha value is -1.37. The molecule has 0 aromatic heterocycles. The summed E-state index contributed by atoms with van der Waals surface area (Å²) in [4.78, 5) is 10.5. The van der Waals surface area contributed by atoms with Crippen LogP contribution in [0, 0.1) is 11.8 Å². The number of carboxylic acid groups (broad SMARTS) is 1. The van der Waals surface area contributed by atoms with Gasteiger partial charge in [-0.05, 0) is 45.1 Å². The fraction of sp³-hybridized carbons (Fsp3) is 0.750. The van der Waals surface area contributed by atoms with E-state index in [1.807, 2.05) is 12.2 Å². The van der Waals surface area contributed by atoms with E-state index in [-0.39, 0.29) is 30.5 Å². The zero-order valence-electron chi connectivity index (χ0n) is 15.5. The highest BCUT2D eigenvalue weighted by molar-refractivity contribution is 5.66. The van der Waals surface area contributed by atoms with Crippen LogP contribution in [0.25, 0.3) is 0 Å². The first-order chi connectivity index (χ1) is 12.4. The van der Waals surface area contributed by atoms with E-state index in [1.165, 1.54) is 0 Å². The normalized spacial score (nSPS) is 31.9. The summed E-state index contributed by atoms with van der Waals surface area (Å²) in [7, 11) is 0. The fourth-order valence-corrected chi connectivity index (χ4v) is 3.87. The average molecular weight is 368 g/mol. The summed E-state index contributed by atoms with van der Waals surface area (Å²) in [6, 6.07) is 0. The number of allylic oxidation sites excluding steroid dienone is 2. The molecular weight excluding hydrogens is 336 g/mol. The Labute approximate surface area is 155 Å². The third-order valence-corrected chi connectivity index (χ3v) is 5.27. The minimum atomic E-state index is -0.784. The van der Waals surface area contributed by atoms with Crippen LogP contribution in [0.15, 0.2) is 24.0 Å². The summed E-state index contributed by atoms with van der Waals surface area (Å²) < 4.78 is 5.92. The molecule has 1 saturated carbocycles. The van der Waals surface area contributed by atoms with Crippen LogP contribution in [-0.4, -0.2) is 50.8 Å². The second-order valence-electron chi connectivity index (χ2n) is 7.59. The summed E-state index contributed by atoms with van der Waals surface area (Å²) in [5.41, 5.74) is 0. The van der Waals surface area contributed by atoms with Crippen LogP contribution in [-0.2, 0) is 9.53 Å². The molecule has 0 spiro atoms. The third-order valence-electron chi connectivity index (χ3n) is 5.27. The smallest absolute Gasteiger partial charge is 0.303 e. The SMILES string of the molecule is C[C@@H](O)CCC[C@H](O)/C=C/[C@@H]1[C@H]2C/C(=C/CCCC(=O)O)O[C@H]2C[C@H]1O. The van der Waals surface area contributed by atoms with Crippen LogP contribution in [0.1, 0.15) is 58.3 Å². The van der Waals surface area contributed by atoms with E-state index in [1.54, 1.807) is 13.0 Å². The summed E-state index contributed by atoms with van der Waals surface area (Å²) >= 11 is 0. The fourth-order valence-electron chi connectivity index (χ4n) is 3.87. The van der Waals surface area contributed by atoms with Gasteiger partial charge in [-0.2, -0.15) is 0 Å². The Morgan fingerprint density at radius 2 is 2.08 bits per heavy atom. The molecule has 1 saturated heterocycles.